The van der Waals surface area contributed by atoms with Crippen LogP contribution < -0.4 is 10.5 Å². The molecule has 1 unspecified atom stereocenters. The van der Waals surface area contributed by atoms with Crippen LogP contribution in [0.15, 0.2) is 36.4 Å². The Hall–Kier alpha value is -1.54. The zero-order valence-corrected chi connectivity index (χ0v) is 13.4. The Morgan fingerprint density at radius 3 is 2.19 bits per heavy atom. The van der Waals surface area contributed by atoms with E-state index in [0.29, 0.717) is 5.92 Å². The van der Waals surface area contributed by atoms with Gasteiger partial charge in [0.05, 0.1) is 7.11 Å². The molecule has 0 amide bonds. The number of hydrogen-bond donors (Lipinski definition) is 1. The molecule has 2 heteroatoms. The average Bonchev–Trinajstić information content (AvgIpc) is 2.53. The molecule has 21 heavy (non-hydrogen) atoms. The van der Waals surface area contributed by atoms with Crippen LogP contribution >= 0.6 is 0 Å². The van der Waals surface area contributed by atoms with Crippen molar-refractivity contribution in [1.82, 2.24) is 0 Å². The Balaban J connectivity index is 2.28. The Bertz CT molecular complexity index is 573. The van der Waals surface area contributed by atoms with Gasteiger partial charge in [0.15, 0.2) is 0 Å². The standard InChI is InChI=1S/C19H27NO/c1-4-6-14(7-5-2)19(20)17-9-8-16-13-18(21-3)11-10-15(16)12-17/h8-14,19H,4-7,20H2,1-3H3. The van der Waals surface area contributed by atoms with Gasteiger partial charge in [0.1, 0.15) is 5.75 Å². The molecule has 0 heterocycles. The number of ether oxygens (including phenoxy) is 1. The highest BCUT2D eigenvalue weighted by Gasteiger charge is 2.18. The third kappa shape index (κ3) is 3.76. The molecule has 0 aliphatic heterocycles. The molecular weight excluding hydrogens is 258 g/mol. The average molecular weight is 285 g/mol. The second kappa shape index (κ2) is 7.46. The summed E-state index contributed by atoms with van der Waals surface area (Å²) in [6.07, 6.45) is 4.80. The number of rotatable bonds is 7. The maximum atomic E-state index is 6.53. The normalized spacial score (nSPS) is 12.8. The fraction of sp³-hybridized carbons (Fsp3) is 0.474. The minimum absolute atomic E-state index is 0.136. The number of methoxy groups -OCH3 is 1. The maximum Gasteiger partial charge on any atom is 0.119 e. The summed E-state index contributed by atoms with van der Waals surface area (Å²) in [6, 6.07) is 12.9. The van der Waals surface area contributed by atoms with E-state index in [-0.39, 0.29) is 6.04 Å². The molecule has 114 valence electrons. The van der Waals surface area contributed by atoms with Crippen molar-refractivity contribution in [2.45, 2.75) is 45.6 Å². The highest BCUT2D eigenvalue weighted by Crippen LogP contribution is 2.30. The van der Waals surface area contributed by atoms with E-state index in [1.807, 2.05) is 6.07 Å². The van der Waals surface area contributed by atoms with Gasteiger partial charge in [0, 0.05) is 6.04 Å². The van der Waals surface area contributed by atoms with Crippen LogP contribution in [0.2, 0.25) is 0 Å². The predicted octanol–water partition coefficient (Wildman–Crippen LogP) is 5.06. The molecule has 0 spiro atoms. The van der Waals surface area contributed by atoms with Crippen LogP contribution in [0.5, 0.6) is 5.75 Å². The third-order valence-electron chi connectivity index (χ3n) is 4.28. The van der Waals surface area contributed by atoms with Gasteiger partial charge < -0.3 is 10.5 Å². The summed E-state index contributed by atoms with van der Waals surface area (Å²) in [5, 5.41) is 2.43. The lowest BCUT2D eigenvalue weighted by molar-refractivity contribution is 0.369. The monoisotopic (exact) mass is 285 g/mol. The van der Waals surface area contributed by atoms with E-state index >= 15 is 0 Å². The van der Waals surface area contributed by atoms with Crippen molar-refractivity contribution in [2.24, 2.45) is 11.7 Å². The van der Waals surface area contributed by atoms with E-state index in [1.54, 1.807) is 7.11 Å². The van der Waals surface area contributed by atoms with Gasteiger partial charge in [-0.05, 0) is 53.3 Å². The first-order chi connectivity index (χ1) is 10.2. The first-order valence-electron chi connectivity index (χ1n) is 8.02. The predicted molar refractivity (Wildman–Crippen MR) is 90.7 cm³/mol. The van der Waals surface area contributed by atoms with E-state index in [1.165, 1.54) is 42.0 Å². The summed E-state index contributed by atoms with van der Waals surface area (Å²) >= 11 is 0. The highest BCUT2D eigenvalue weighted by atomic mass is 16.5. The third-order valence-corrected chi connectivity index (χ3v) is 4.28. The summed E-state index contributed by atoms with van der Waals surface area (Å²) in [5.74, 6) is 1.48. The van der Waals surface area contributed by atoms with Crippen LogP contribution in [0.3, 0.4) is 0 Å². The fourth-order valence-corrected chi connectivity index (χ4v) is 3.09. The van der Waals surface area contributed by atoms with Crippen molar-refractivity contribution in [3.8, 4) is 5.75 Å². The second-order valence-corrected chi connectivity index (χ2v) is 5.84. The lowest BCUT2D eigenvalue weighted by Crippen LogP contribution is -2.21. The van der Waals surface area contributed by atoms with Crippen LogP contribution in [0.25, 0.3) is 10.8 Å². The molecule has 2 aromatic carbocycles. The van der Waals surface area contributed by atoms with E-state index < -0.39 is 0 Å². The first kappa shape index (κ1) is 15.8. The molecule has 0 radical (unpaired) electrons. The maximum absolute atomic E-state index is 6.53. The molecule has 0 saturated heterocycles. The van der Waals surface area contributed by atoms with Gasteiger partial charge in [-0.25, -0.2) is 0 Å². The smallest absolute Gasteiger partial charge is 0.119 e. The Kier molecular flexibility index (Phi) is 5.63. The summed E-state index contributed by atoms with van der Waals surface area (Å²) in [7, 11) is 1.70. The lowest BCUT2D eigenvalue weighted by Gasteiger charge is -2.24. The second-order valence-electron chi connectivity index (χ2n) is 5.84. The Morgan fingerprint density at radius 1 is 0.952 bits per heavy atom. The number of fused-ring (bicyclic) bond motifs is 1. The molecule has 2 rings (SSSR count). The van der Waals surface area contributed by atoms with E-state index in [2.05, 4.69) is 44.2 Å². The number of nitrogens with two attached hydrogens (primary N) is 1. The Morgan fingerprint density at radius 2 is 1.57 bits per heavy atom. The Labute approximate surface area is 128 Å². The van der Waals surface area contributed by atoms with E-state index in [0.717, 1.165) is 5.75 Å². The minimum Gasteiger partial charge on any atom is -0.497 e. The molecule has 0 fully saturated rings. The van der Waals surface area contributed by atoms with E-state index in [4.69, 9.17) is 10.5 Å². The number of benzene rings is 2. The highest BCUT2D eigenvalue weighted by molar-refractivity contribution is 5.84. The first-order valence-corrected chi connectivity index (χ1v) is 8.02. The molecule has 0 aromatic heterocycles. The molecule has 2 aromatic rings. The summed E-state index contributed by atoms with van der Waals surface area (Å²) < 4.78 is 5.28. The topological polar surface area (TPSA) is 35.2 Å². The molecule has 0 bridgehead atoms. The molecule has 2 nitrogen and oxygen atoms in total. The minimum atomic E-state index is 0.136. The van der Waals surface area contributed by atoms with Crippen LogP contribution in [0.4, 0.5) is 0 Å². The SMILES string of the molecule is CCCC(CCC)C(N)c1ccc2cc(OC)ccc2c1. The van der Waals surface area contributed by atoms with Crippen LogP contribution in [0, 0.1) is 5.92 Å². The van der Waals surface area contributed by atoms with Gasteiger partial charge >= 0.3 is 0 Å². The van der Waals surface area contributed by atoms with Crippen LogP contribution in [0.1, 0.15) is 51.1 Å². The van der Waals surface area contributed by atoms with Gasteiger partial charge in [0.2, 0.25) is 0 Å². The summed E-state index contributed by atoms with van der Waals surface area (Å²) in [4.78, 5) is 0. The van der Waals surface area contributed by atoms with Gasteiger partial charge in [0.25, 0.3) is 0 Å². The van der Waals surface area contributed by atoms with Crippen LogP contribution in [-0.4, -0.2) is 7.11 Å². The van der Waals surface area contributed by atoms with E-state index in [9.17, 15) is 0 Å². The van der Waals surface area contributed by atoms with Gasteiger partial charge in [-0.15, -0.1) is 0 Å². The molecule has 2 N–H and O–H groups in total. The quantitative estimate of drug-likeness (QED) is 0.771. The fourth-order valence-electron chi connectivity index (χ4n) is 3.09. The molecule has 0 aliphatic carbocycles. The van der Waals surface area contributed by atoms with Gasteiger partial charge in [-0.2, -0.15) is 0 Å². The van der Waals surface area contributed by atoms with Crippen molar-refractivity contribution < 1.29 is 4.74 Å². The molecular formula is C19H27NO. The zero-order chi connectivity index (χ0) is 15.2. The largest absolute Gasteiger partial charge is 0.497 e. The number of hydrogen-bond acceptors (Lipinski definition) is 2. The zero-order valence-electron chi connectivity index (χ0n) is 13.4. The van der Waals surface area contributed by atoms with Crippen molar-refractivity contribution >= 4 is 10.8 Å². The molecule has 1 atom stereocenters. The van der Waals surface area contributed by atoms with Crippen LogP contribution in [-0.2, 0) is 0 Å². The van der Waals surface area contributed by atoms with Crippen molar-refractivity contribution in [3.05, 3.63) is 42.0 Å². The molecule has 0 aliphatic rings. The van der Waals surface area contributed by atoms with Crippen molar-refractivity contribution in [3.63, 3.8) is 0 Å². The summed E-state index contributed by atoms with van der Waals surface area (Å²) in [6.45, 7) is 4.48. The van der Waals surface area contributed by atoms with Crippen molar-refractivity contribution in [1.29, 1.82) is 0 Å². The molecule has 0 saturated carbocycles. The summed E-state index contributed by atoms with van der Waals surface area (Å²) in [5.41, 5.74) is 7.78. The van der Waals surface area contributed by atoms with Gasteiger partial charge in [-0.1, -0.05) is 44.9 Å². The van der Waals surface area contributed by atoms with Crippen molar-refractivity contribution in [2.75, 3.05) is 7.11 Å². The lowest BCUT2D eigenvalue weighted by atomic mass is 9.86. The van der Waals surface area contributed by atoms with Gasteiger partial charge in [-0.3, -0.25) is 0 Å².